The van der Waals surface area contributed by atoms with E-state index in [-0.39, 0.29) is 29.0 Å². The number of halogens is 2. The lowest BCUT2D eigenvalue weighted by atomic mass is 9.95. The van der Waals surface area contributed by atoms with Gasteiger partial charge >= 0.3 is 0 Å². The predicted octanol–water partition coefficient (Wildman–Crippen LogP) is 4.21. The van der Waals surface area contributed by atoms with Crippen LogP contribution in [0.1, 0.15) is 35.2 Å². The molecule has 2 aromatic heterocycles. The van der Waals surface area contributed by atoms with Gasteiger partial charge in [-0.1, -0.05) is 0 Å². The summed E-state index contributed by atoms with van der Waals surface area (Å²) in [6, 6.07) is 9.72. The molecule has 1 aliphatic heterocycles. The van der Waals surface area contributed by atoms with Crippen LogP contribution in [0.5, 0.6) is 5.75 Å². The molecule has 0 saturated carbocycles. The number of carbonyl (C=O) groups excluding carboxylic acids is 2. The highest BCUT2D eigenvalue weighted by atomic mass is 19.2. The van der Waals surface area contributed by atoms with Crippen LogP contribution in [0.4, 0.5) is 20.3 Å². The molecule has 0 bridgehead atoms. The molecule has 11 nitrogen and oxygen atoms in total. The molecule has 3 heterocycles. The van der Waals surface area contributed by atoms with E-state index in [1.165, 1.54) is 24.5 Å². The predicted molar refractivity (Wildman–Crippen MR) is 164 cm³/mol. The van der Waals surface area contributed by atoms with Crippen LogP contribution in [0, 0.1) is 35.8 Å². The van der Waals surface area contributed by atoms with Crippen LogP contribution < -0.4 is 20.7 Å². The van der Waals surface area contributed by atoms with Gasteiger partial charge in [-0.25, -0.2) is 14.4 Å². The van der Waals surface area contributed by atoms with Gasteiger partial charge in [0.25, 0.3) is 5.91 Å². The number of benzene rings is 2. The highest BCUT2D eigenvalue weighted by molar-refractivity contribution is 5.96. The Labute approximate surface area is 259 Å². The van der Waals surface area contributed by atoms with Crippen molar-refractivity contribution in [1.29, 1.82) is 5.26 Å². The number of fused-ring (bicyclic) bond motifs is 1. The molecule has 2 amide bonds. The number of imidazole rings is 1. The molecular weight excluding hydrogens is 582 g/mol. The normalized spacial score (nSPS) is 13.4. The second-order valence-corrected chi connectivity index (χ2v) is 10.8. The largest absolute Gasteiger partial charge is 0.476 e. The molecule has 45 heavy (non-hydrogen) atoms. The van der Waals surface area contributed by atoms with Crippen LogP contribution in [0.15, 0.2) is 48.9 Å². The Bertz CT molecular complexity index is 1740. The number of aromatic nitrogens is 3. The van der Waals surface area contributed by atoms with Crippen LogP contribution in [0.3, 0.4) is 0 Å². The number of ether oxygens (including phenoxy) is 1. The van der Waals surface area contributed by atoms with Crippen molar-refractivity contribution in [2.75, 3.05) is 45.2 Å². The molecule has 3 N–H and O–H groups in total. The number of carbonyl (C=O) groups is 2. The number of rotatable bonds is 11. The number of piperidine rings is 1. The molecule has 234 valence electrons. The summed E-state index contributed by atoms with van der Waals surface area (Å²) in [5, 5.41) is 17.9. The monoisotopic (exact) mass is 616 g/mol. The van der Waals surface area contributed by atoms with E-state index in [2.05, 4.69) is 25.9 Å². The van der Waals surface area contributed by atoms with Crippen LogP contribution in [0.25, 0.3) is 16.9 Å². The Morgan fingerprint density at radius 1 is 1.11 bits per heavy atom. The third-order valence-corrected chi connectivity index (χ3v) is 7.82. The molecule has 0 spiro atoms. The van der Waals surface area contributed by atoms with E-state index >= 15 is 0 Å². The molecular formula is C32H34F2N8O3. The van der Waals surface area contributed by atoms with E-state index < -0.39 is 18.2 Å². The first-order chi connectivity index (χ1) is 21.8. The van der Waals surface area contributed by atoms with Crippen LogP contribution in [-0.2, 0) is 4.79 Å². The number of nitrogens with zero attached hydrogens (tertiary/aromatic N) is 5. The molecule has 5 rings (SSSR count). The van der Waals surface area contributed by atoms with E-state index in [0.717, 1.165) is 18.5 Å². The molecule has 0 unspecified atom stereocenters. The summed E-state index contributed by atoms with van der Waals surface area (Å²) in [5.41, 5.74) is 2.65. The van der Waals surface area contributed by atoms with Crippen molar-refractivity contribution in [3.05, 3.63) is 71.7 Å². The summed E-state index contributed by atoms with van der Waals surface area (Å²) < 4.78 is 36.1. The zero-order valence-corrected chi connectivity index (χ0v) is 25.1. The third kappa shape index (κ3) is 6.86. The zero-order valence-electron chi connectivity index (χ0n) is 25.1. The van der Waals surface area contributed by atoms with Gasteiger partial charge in [-0.15, -0.1) is 0 Å². The van der Waals surface area contributed by atoms with Gasteiger partial charge < -0.3 is 25.6 Å². The van der Waals surface area contributed by atoms with Gasteiger partial charge in [-0.05, 0) is 75.7 Å². The SMILES string of the molecule is CNCCCNC(=O)C1CCN(C(=O)c2ccc(Nc3nccn4c(-c5ccc(OCC#N)c(F)c5F)cnc34)cc2C)CC1. The van der Waals surface area contributed by atoms with Crippen molar-refractivity contribution in [1.82, 2.24) is 29.9 Å². The highest BCUT2D eigenvalue weighted by Gasteiger charge is 2.28. The summed E-state index contributed by atoms with van der Waals surface area (Å²) in [4.78, 5) is 36.4. The first-order valence-electron chi connectivity index (χ1n) is 14.7. The fraction of sp³-hybridized carbons (Fsp3) is 0.344. The van der Waals surface area contributed by atoms with Gasteiger partial charge in [0.1, 0.15) is 6.07 Å². The number of anilines is 2. The molecule has 1 fully saturated rings. The van der Waals surface area contributed by atoms with Crippen molar-refractivity contribution < 1.29 is 23.1 Å². The summed E-state index contributed by atoms with van der Waals surface area (Å²) in [6.45, 7) is 3.96. The van der Waals surface area contributed by atoms with Crippen LogP contribution >= 0.6 is 0 Å². The second kappa shape index (κ2) is 14.1. The fourth-order valence-electron chi connectivity index (χ4n) is 5.41. The minimum absolute atomic E-state index is 0.0330. The fourth-order valence-corrected chi connectivity index (χ4v) is 5.41. The van der Waals surface area contributed by atoms with Crippen LogP contribution in [0.2, 0.25) is 0 Å². The molecule has 13 heteroatoms. The van der Waals surface area contributed by atoms with Crippen molar-refractivity contribution in [3.8, 4) is 23.1 Å². The highest BCUT2D eigenvalue weighted by Crippen LogP contribution is 2.32. The van der Waals surface area contributed by atoms with Crippen molar-refractivity contribution in [2.24, 2.45) is 5.92 Å². The van der Waals surface area contributed by atoms with Gasteiger partial charge in [0.2, 0.25) is 11.7 Å². The summed E-state index contributed by atoms with van der Waals surface area (Å²) in [6.07, 6.45) is 6.63. The first-order valence-corrected chi connectivity index (χ1v) is 14.7. The number of nitriles is 1. The van der Waals surface area contributed by atoms with E-state index in [0.29, 0.717) is 60.9 Å². The molecule has 1 aliphatic rings. The summed E-state index contributed by atoms with van der Waals surface area (Å²) in [7, 11) is 1.88. The Kier molecular flexibility index (Phi) is 9.84. The summed E-state index contributed by atoms with van der Waals surface area (Å²) in [5.74, 6) is -2.41. The lowest BCUT2D eigenvalue weighted by molar-refractivity contribution is -0.126. The first kappa shape index (κ1) is 31.3. The maximum atomic E-state index is 15.0. The third-order valence-electron chi connectivity index (χ3n) is 7.82. The number of likely N-dealkylation sites (tertiary alicyclic amines) is 1. The van der Waals surface area contributed by atoms with Gasteiger partial charge in [0.15, 0.2) is 29.6 Å². The van der Waals surface area contributed by atoms with E-state index in [9.17, 15) is 18.4 Å². The number of nitrogens with one attached hydrogen (secondary N) is 3. The molecule has 4 aromatic rings. The number of aryl methyl sites for hydroxylation is 1. The number of amides is 2. The van der Waals surface area contributed by atoms with Gasteiger partial charge in [-0.3, -0.25) is 14.0 Å². The molecule has 0 atom stereocenters. The van der Waals surface area contributed by atoms with Gasteiger partial charge in [-0.2, -0.15) is 9.65 Å². The molecule has 0 radical (unpaired) electrons. The van der Waals surface area contributed by atoms with E-state index in [4.69, 9.17) is 10.00 Å². The van der Waals surface area contributed by atoms with Crippen molar-refractivity contribution in [2.45, 2.75) is 26.2 Å². The molecule has 0 aliphatic carbocycles. The Morgan fingerprint density at radius 2 is 1.91 bits per heavy atom. The van der Waals surface area contributed by atoms with Gasteiger partial charge in [0, 0.05) is 54.8 Å². The lowest BCUT2D eigenvalue weighted by Crippen LogP contribution is -2.43. The lowest BCUT2D eigenvalue weighted by Gasteiger charge is -2.31. The minimum Gasteiger partial charge on any atom is -0.476 e. The Hall–Kier alpha value is -5.09. The van der Waals surface area contributed by atoms with Crippen molar-refractivity contribution in [3.63, 3.8) is 0 Å². The average molecular weight is 617 g/mol. The minimum atomic E-state index is -1.19. The smallest absolute Gasteiger partial charge is 0.254 e. The van der Waals surface area contributed by atoms with E-state index in [1.807, 2.05) is 20.0 Å². The standard InChI is InChI=1S/C32H34F2N8O3/c1-20-18-22(4-5-23(20)32(44)41-14-8-21(9-15-41)31(43)38-12-3-11-36-2)40-29-30-39-19-25(42(30)16-13-37-29)24-6-7-26(45-17-10-35)28(34)27(24)33/h4-7,13,16,18-19,21,36H,3,8-9,11-12,14-15,17H2,1-2H3,(H,37,40)(H,38,43). The maximum absolute atomic E-state index is 15.0. The Balaban J connectivity index is 1.26. The van der Waals surface area contributed by atoms with E-state index in [1.54, 1.807) is 33.7 Å². The second-order valence-electron chi connectivity index (χ2n) is 10.8. The molecule has 1 saturated heterocycles. The number of hydrogen-bond acceptors (Lipinski definition) is 8. The Morgan fingerprint density at radius 3 is 2.64 bits per heavy atom. The topological polar surface area (TPSA) is 137 Å². The summed E-state index contributed by atoms with van der Waals surface area (Å²) >= 11 is 0. The average Bonchev–Trinajstić information content (AvgIpc) is 3.48. The van der Waals surface area contributed by atoms with Crippen LogP contribution in [-0.4, -0.2) is 70.9 Å². The van der Waals surface area contributed by atoms with Crippen molar-refractivity contribution >= 4 is 29.0 Å². The zero-order chi connectivity index (χ0) is 31.9. The maximum Gasteiger partial charge on any atom is 0.254 e. The van der Waals surface area contributed by atoms with Gasteiger partial charge in [0.05, 0.1) is 11.9 Å². The molecule has 2 aromatic carbocycles. The quantitative estimate of drug-likeness (QED) is 0.213. The number of hydrogen-bond donors (Lipinski definition) is 3.